The van der Waals surface area contributed by atoms with Gasteiger partial charge < -0.3 is 10.0 Å². The first-order valence-electron chi connectivity index (χ1n) is 9.28. The van der Waals surface area contributed by atoms with Crippen LogP contribution in [0.4, 0.5) is 5.69 Å². The Balaban J connectivity index is 1.85. The Labute approximate surface area is 155 Å². The van der Waals surface area contributed by atoms with Gasteiger partial charge in [-0.1, -0.05) is 67.8 Å². The molecule has 0 aliphatic rings. The van der Waals surface area contributed by atoms with E-state index in [0.29, 0.717) is 19.4 Å². The van der Waals surface area contributed by atoms with E-state index in [2.05, 4.69) is 0 Å². The first-order chi connectivity index (χ1) is 12.7. The molecule has 0 heterocycles. The molecule has 0 unspecified atom stereocenters. The quantitative estimate of drug-likeness (QED) is 0.576. The van der Waals surface area contributed by atoms with Crippen LogP contribution in [0.5, 0.6) is 0 Å². The zero-order chi connectivity index (χ0) is 18.6. The zero-order valence-corrected chi connectivity index (χ0v) is 15.1. The molecule has 1 amide bonds. The number of anilines is 1. The Bertz CT molecular complexity index is 670. The van der Waals surface area contributed by atoms with Crippen molar-refractivity contribution in [2.45, 2.75) is 51.5 Å². The molecule has 0 aliphatic heterocycles. The third-order valence-corrected chi connectivity index (χ3v) is 4.33. The Morgan fingerprint density at radius 1 is 0.731 bits per heavy atom. The van der Waals surface area contributed by atoms with E-state index in [1.165, 1.54) is 0 Å². The summed E-state index contributed by atoms with van der Waals surface area (Å²) in [6.45, 7) is 0.572. The molecule has 1 N–H and O–H groups in total. The van der Waals surface area contributed by atoms with E-state index in [1.807, 2.05) is 65.6 Å². The van der Waals surface area contributed by atoms with Crippen molar-refractivity contribution >= 4 is 17.6 Å². The van der Waals surface area contributed by atoms with E-state index in [-0.39, 0.29) is 12.3 Å². The summed E-state index contributed by atoms with van der Waals surface area (Å²) < 4.78 is 0. The zero-order valence-electron chi connectivity index (χ0n) is 15.1. The molecule has 4 nitrogen and oxygen atoms in total. The molecule has 0 aromatic heterocycles. The van der Waals surface area contributed by atoms with Crippen LogP contribution in [0, 0.1) is 0 Å². The Morgan fingerprint density at radius 2 is 1.27 bits per heavy atom. The molecular weight excluding hydrogens is 326 g/mol. The number of aliphatic carboxylic acids is 1. The average Bonchev–Trinajstić information content (AvgIpc) is 2.66. The van der Waals surface area contributed by atoms with Crippen molar-refractivity contribution in [2.75, 3.05) is 4.90 Å². The molecule has 2 aromatic carbocycles. The summed E-state index contributed by atoms with van der Waals surface area (Å²) in [4.78, 5) is 25.1. The number of carbonyl (C=O) groups is 2. The molecule has 138 valence electrons. The fourth-order valence-corrected chi connectivity index (χ4v) is 2.92. The second-order valence-electron chi connectivity index (χ2n) is 6.46. The van der Waals surface area contributed by atoms with Gasteiger partial charge in [0.1, 0.15) is 0 Å². The van der Waals surface area contributed by atoms with Gasteiger partial charge in [-0.2, -0.15) is 0 Å². The number of carboxylic acids is 1. The molecule has 4 heteroatoms. The molecule has 0 bridgehead atoms. The second kappa shape index (κ2) is 11.1. The van der Waals surface area contributed by atoms with Gasteiger partial charge in [-0.05, 0) is 30.5 Å². The molecule has 0 saturated carbocycles. The predicted octanol–water partition coefficient (Wildman–Crippen LogP) is 5.04. The van der Waals surface area contributed by atoms with Crippen LogP contribution in [0.3, 0.4) is 0 Å². The number of hydrogen-bond acceptors (Lipinski definition) is 2. The third kappa shape index (κ3) is 7.09. The van der Waals surface area contributed by atoms with Gasteiger partial charge in [-0.15, -0.1) is 0 Å². The van der Waals surface area contributed by atoms with E-state index in [4.69, 9.17) is 5.11 Å². The number of hydrogen-bond donors (Lipinski definition) is 1. The highest BCUT2D eigenvalue weighted by molar-refractivity contribution is 5.93. The molecule has 0 radical (unpaired) electrons. The largest absolute Gasteiger partial charge is 0.481 e. The minimum Gasteiger partial charge on any atom is -0.481 e. The second-order valence-corrected chi connectivity index (χ2v) is 6.46. The molecule has 0 atom stereocenters. The summed E-state index contributed by atoms with van der Waals surface area (Å²) in [5.74, 6) is -0.606. The molecule has 0 spiro atoms. The first-order valence-corrected chi connectivity index (χ1v) is 9.28. The molecule has 0 saturated heterocycles. The third-order valence-electron chi connectivity index (χ3n) is 4.33. The highest BCUT2D eigenvalue weighted by Crippen LogP contribution is 2.19. The van der Waals surface area contributed by atoms with Gasteiger partial charge >= 0.3 is 5.97 Å². The lowest BCUT2D eigenvalue weighted by molar-refractivity contribution is -0.137. The van der Waals surface area contributed by atoms with Crippen molar-refractivity contribution in [3.05, 3.63) is 66.2 Å². The Hall–Kier alpha value is -2.62. The van der Waals surface area contributed by atoms with Gasteiger partial charge in [0.2, 0.25) is 5.91 Å². The van der Waals surface area contributed by atoms with Gasteiger partial charge in [-0.25, -0.2) is 0 Å². The summed E-state index contributed by atoms with van der Waals surface area (Å²) in [6.07, 6.45) is 5.15. The summed E-state index contributed by atoms with van der Waals surface area (Å²) in [7, 11) is 0. The summed E-state index contributed by atoms with van der Waals surface area (Å²) in [5, 5.41) is 8.63. The van der Waals surface area contributed by atoms with Gasteiger partial charge in [-0.3, -0.25) is 9.59 Å². The van der Waals surface area contributed by atoms with E-state index >= 15 is 0 Å². The number of rotatable bonds is 11. The van der Waals surface area contributed by atoms with Gasteiger partial charge in [0.25, 0.3) is 0 Å². The topological polar surface area (TPSA) is 57.6 Å². The minimum absolute atomic E-state index is 0.130. The van der Waals surface area contributed by atoms with Gasteiger partial charge in [0.15, 0.2) is 0 Å². The van der Waals surface area contributed by atoms with Crippen LogP contribution in [0.2, 0.25) is 0 Å². The van der Waals surface area contributed by atoms with Crippen LogP contribution in [-0.2, 0) is 16.1 Å². The van der Waals surface area contributed by atoms with E-state index in [1.54, 1.807) is 0 Å². The van der Waals surface area contributed by atoms with E-state index in [9.17, 15) is 9.59 Å². The maximum Gasteiger partial charge on any atom is 0.303 e. The lowest BCUT2D eigenvalue weighted by atomic mass is 10.1. The fraction of sp³-hybridized carbons (Fsp3) is 0.364. The van der Waals surface area contributed by atoms with Crippen molar-refractivity contribution < 1.29 is 14.7 Å². The Morgan fingerprint density at radius 3 is 1.88 bits per heavy atom. The molecule has 0 aliphatic carbocycles. The summed E-state index contributed by atoms with van der Waals surface area (Å²) >= 11 is 0. The molecular formula is C22H27NO3. The number of unbranched alkanes of at least 4 members (excludes halogenated alkanes) is 4. The van der Waals surface area contributed by atoms with Crippen LogP contribution >= 0.6 is 0 Å². The maximum absolute atomic E-state index is 12.8. The summed E-state index contributed by atoms with van der Waals surface area (Å²) in [5.41, 5.74) is 2.03. The van der Waals surface area contributed by atoms with Gasteiger partial charge in [0, 0.05) is 18.5 Å². The fourth-order valence-electron chi connectivity index (χ4n) is 2.92. The number of nitrogens with zero attached hydrogens (tertiary/aromatic N) is 1. The monoisotopic (exact) mass is 353 g/mol. The van der Waals surface area contributed by atoms with Crippen molar-refractivity contribution in [1.82, 2.24) is 0 Å². The molecule has 26 heavy (non-hydrogen) atoms. The number of benzene rings is 2. The van der Waals surface area contributed by atoms with Gasteiger partial charge in [0.05, 0.1) is 6.54 Å². The van der Waals surface area contributed by atoms with E-state index < -0.39 is 5.97 Å². The average molecular weight is 353 g/mol. The predicted molar refractivity (Wildman–Crippen MR) is 104 cm³/mol. The van der Waals surface area contributed by atoms with Crippen LogP contribution in [-0.4, -0.2) is 17.0 Å². The number of amides is 1. The normalized spacial score (nSPS) is 10.5. The minimum atomic E-state index is -0.736. The van der Waals surface area contributed by atoms with Crippen molar-refractivity contribution in [3.63, 3.8) is 0 Å². The number of carbonyl (C=O) groups excluding carboxylic acids is 1. The van der Waals surface area contributed by atoms with Crippen molar-refractivity contribution in [3.8, 4) is 0 Å². The maximum atomic E-state index is 12.8. The highest BCUT2D eigenvalue weighted by atomic mass is 16.4. The lowest BCUT2D eigenvalue weighted by Crippen LogP contribution is -2.30. The number of para-hydroxylation sites is 1. The molecule has 2 rings (SSSR count). The van der Waals surface area contributed by atoms with Crippen LogP contribution in [0.1, 0.15) is 50.5 Å². The summed E-state index contributed by atoms with van der Waals surface area (Å²) in [6, 6.07) is 19.8. The highest BCUT2D eigenvalue weighted by Gasteiger charge is 2.15. The standard InChI is InChI=1S/C22H27NO3/c24-21(16-10-2-1-3-11-17-22(25)26)23(20-14-8-5-9-15-20)18-19-12-6-4-7-13-19/h4-9,12-15H,1-3,10-11,16-18H2,(H,25,26). The van der Waals surface area contributed by atoms with Crippen LogP contribution in [0.15, 0.2) is 60.7 Å². The smallest absolute Gasteiger partial charge is 0.303 e. The lowest BCUT2D eigenvalue weighted by Gasteiger charge is -2.23. The number of carboxylic acid groups (broad SMARTS) is 1. The SMILES string of the molecule is O=C(O)CCCCCCCC(=O)N(Cc1ccccc1)c1ccccc1. The van der Waals surface area contributed by atoms with Crippen LogP contribution < -0.4 is 4.90 Å². The van der Waals surface area contributed by atoms with Crippen LogP contribution in [0.25, 0.3) is 0 Å². The Kier molecular flexibility index (Phi) is 8.40. The van der Waals surface area contributed by atoms with E-state index in [0.717, 1.165) is 36.9 Å². The first kappa shape index (κ1) is 19.7. The van der Waals surface area contributed by atoms with Crippen molar-refractivity contribution in [2.24, 2.45) is 0 Å². The molecule has 2 aromatic rings. The molecule has 0 fully saturated rings. The van der Waals surface area contributed by atoms with Crippen molar-refractivity contribution in [1.29, 1.82) is 0 Å².